The largest absolute Gasteiger partial charge is 0.0732 e. The lowest BCUT2D eigenvalue weighted by Gasteiger charge is -2.13. The second-order valence-corrected chi connectivity index (χ2v) is 3.77. The van der Waals surface area contributed by atoms with Crippen LogP contribution in [0.1, 0.15) is 60.8 Å². The third-order valence-corrected chi connectivity index (χ3v) is 2.84. The van der Waals surface area contributed by atoms with Crippen LogP contribution in [0, 0.1) is 0 Å². The zero-order valence-electron chi connectivity index (χ0n) is 10.1. The highest BCUT2D eigenvalue weighted by molar-refractivity contribution is 5.36. The maximum Gasteiger partial charge on any atom is -0.0305 e. The van der Waals surface area contributed by atoms with Gasteiger partial charge in [0, 0.05) is 0 Å². The highest BCUT2D eigenvalue weighted by Gasteiger charge is 2.04. The van der Waals surface area contributed by atoms with Crippen LogP contribution in [0.5, 0.6) is 0 Å². The van der Waals surface area contributed by atoms with Gasteiger partial charge in [0.05, 0.1) is 0 Å². The zero-order chi connectivity index (χ0) is 10.4. The summed E-state index contributed by atoms with van der Waals surface area (Å²) in [5.41, 5.74) is 6.17. The Labute approximate surface area is 83.7 Å². The molecule has 13 heavy (non-hydrogen) atoms. The van der Waals surface area contributed by atoms with Crippen molar-refractivity contribution < 1.29 is 0 Å². The molecule has 0 aromatic heterocycles. The molecule has 0 radical (unpaired) electrons. The molecule has 0 aliphatic rings. The first kappa shape index (κ1) is 12.5. The molecule has 0 amide bonds. The van der Waals surface area contributed by atoms with Crippen molar-refractivity contribution in [2.45, 2.75) is 60.8 Å². The summed E-state index contributed by atoms with van der Waals surface area (Å²) in [5, 5.41) is 0. The molecule has 0 aliphatic heterocycles. The quantitative estimate of drug-likeness (QED) is 0.541. The molecule has 76 valence electrons. The summed E-state index contributed by atoms with van der Waals surface area (Å²) in [6.45, 7) is 13.4. The minimum absolute atomic E-state index is 1.17. The second kappa shape index (κ2) is 6.01. The Morgan fingerprint density at radius 1 is 0.769 bits per heavy atom. The maximum atomic E-state index is 2.26. The van der Waals surface area contributed by atoms with E-state index in [0.717, 1.165) is 0 Å². The number of allylic oxidation sites excluding steroid dienone is 4. The standard InChI is InChI=1S/C13H24/c1-7-12(8-2)13(9-3)11(6)10(4)5/h7-9H2,1-6H3. The molecule has 0 aromatic rings. The Hall–Kier alpha value is -0.520. The Balaban J connectivity index is 5.08. The molecule has 0 unspecified atom stereocenters. The lowest BCUT2D eigenvalue weighted by Crippen LogP contribution is -1.93. The van der Waals surface area contributed by atoms with Crippen molar-refractivity contribution in [2.75, 3.05) is 0 Å². The van der Waals surface area contributed by atoms with E-state index in [4.69, 9.17) is 0 Å². The SMILES string of the molecule is CCC(CC)=C(CC)C(C)=C(C)C. The first-order chi connectivity index (χ1) is 6.08. The molecule has 0 saturated carbocycles. The lowest BCUT2D eigenvalue weighted by molar-refractivity contribution is 0.911. The van der Waals surface area contributed by atoms with Gasteiger partial charge in [-0.15, -0.1) is 0 Å². The molecule has 0 heterocycles. The summed E-state index contributed by atoms with van der Waals surface area (Å²) in [6, 6.07) is 0. The molecule has 0 spiro atoms. The van der Waals surface area contributed by atoms with Crippen LogP contribution >= 0.6 is 0 Å². The van der Waals surface area contributed by atoms with Gasteiger partial charge in [-0.25, -0.2) is 0 Å². The fourth-order valence-corrected chi connectivity index (χ4v) is 1.76. The van der Waals surface area contributed by atoms with Crippen LogP contribution in [0.4, 0.5) is 0 Å². The van der Waals surface area contributed by atoms with Gasteiger partial charge >= 0.3 is 0 Å². The Bertz CT molecular complexity index is 206. The van der Waals surface area contributed by atoms with Crippen molar-refractivity contribution in [3.63, 3.8) is 0 Å². The van der Waals surface area contributed by atoms with E-state index < -0.39 is 0 Å². The van der Waals surface area contributed by atoms with E-state index in [1.807, 2.05) is 0 Å². The average molecular weight is 180 g/mol. The molecular weight excluding hydrogens is 156 g/mol. The van der Waals surface area contributed by atoms with Crippen LogP contribution in [0.25, 0.3) is 0 Å². The van der Waals surface area contributed by atoms with E-state index in [1.54, 1.807) is 11.1 Å². The Morgan fingerprint density at radius 3 is 1.46 bits per heavy atom. The van der Waals surface area contributed by atoms with Crippen LogP contribution in [0.2, 0.25) is 0 Å². The lowest BCUT2D eigenvalue weighted by atomic mass is 9.93. The van der Waals surface area contributed by atoms with Crippen molar-refractivity contribution in [3.05, 3.63) is 22.3 Å². The van der Waals surface area contributed by atoms with Crippen LogP contribution in [0.3, 0.4) is 0 Å². The van der Waals surface area contributed by atoms with Gasteiger partial charge in [0.25, 0.3) is 0 Å². The Kier molecular flexibility index (Phi) is 5.77. The maximum absolute atomic E-state index is 2.26. The van der Waals surface area contributed by atoms with Crippen LogP contribution in [-0.4, -0.2) is 0 Å². The first-order valence-corrected chi connectivity index (χ1v) is 5.43. The molecule has 0 atom stereocenters. The molecule has 0 aromatic carbocycles. The van der Waals surface area contributed by atoms with Gasteiger partial charge in [0.2, 0.25) is 0 Å². The molecule has 0 nitrogen and oxygen atoms in total. The van der Waals surface area contributed by atoms with Crippen LogP contribution < -0.4 is 0 Å². The fraction of sp³-hybridized carbons (Fsp3) is 0.692. The Morgan fingerprint density at radius 2 is 1.23 bits per heavy atom. The molecule has 0 rings (SSSR count). The summed E-state index contributed by atoms with van der Waals surface area (Å²) in [4.78, 5) is 0. The minimum Gasteiger partial charge on any atom is -0.0732 e. The minimum atomic E-state index is 1.17. The summed E-state index contributed by atoms with van der Waals surface area (Å²) in [7, 11) is 0. The van der Waals surface area contributed by atoms with E-state index in [9.17, 15) is 0 Å². The van der Waals surface area contributed by atoms with E-state index in [2.05, 4.69) is 41.5 Å². The fourth-order valence-electron chi connectivity index (χ4n) is 1.76. The van der Waals surface area contributed by atoms with Gasteiger partial charge in [-0.1, -0.05) is 31.9 Å². The summed E-state index contributed by atoms with van der Waals surface area (Å²) in [6.07, 6.45) is 3.57. The highest BCUT2D eigenvalue weighted by atomic mass is 14.1. The van der Waals surface area contributed by atoms with Crippen LogP contribution in [-0.2, 0) is 0 Å². The zero-order valence-corrected chi connectivity index (χ0v) is 10.1. The molecule has 0 heteroatoms. The third-order valence-electron chi connectivity index (χ3n) is 2.84. The van der Waals surface area contributed by atoms with Crippen LogP contribution in [0.15, 0.2) is 22.3 Å². The smallest absolute Gasteiger partial charge is 0.0305 e. The normalized spacial score (nSPS) is 9.69. The van der Waals surface area contributed by atoms with E-state index in [1.165, 1.54) is 30.4 Å². The second-order valence-electron chi connectivity index (χ2n) is 3.77. The molecule has 0 N–H and O–H groups in total. The topological polar surface area (TPSA) is 0 Å². The predicted molar refractivity (Wildman–Crippen MR) is 61.9 cm³/mol. The summed E-state index contributed by atoms with van der Waals surface area (Å²) < 4.78 is 0. The first-order valence-electron chi connectivity index (χ1n) is 5.43. The van der Waals surface area contributed by atoms with Crippen molar-refractivity contribution >= 4 is 0 Å². The average Bonchev–Trinajstić information content (AvgIpc) is 2.12. The number of hydrogen-bond acceptors (Lipinski definition) is 0. The van der Waals surface area contributed by atoms with Gasteiger partial charge in [0.15, 0.2) is 0 Å². The van der Waals surface area contributed by atoms with Gasteiger partial charge in [-0.3, -0.25) is 0 Å². The highest BCUT2D eigenvalue weighted by Crippen LogP contribution is 2.24. The monoisotopic (exact) mass is 180 g/mol. The molecular formula is C13H24. The van der Waals surface area contributed by atoms with Crippen molar-refractivity contribution in [1.82, 2.24) is 0 Å². The van der Waals surface area contributed by atoms with Gasteiger partial charge in [0.1, 0.15) is 0 Å². The van der Waals surface area contributed by atoms with E-state index in [-0.39, 0.29) is 0 Å². The molecule has 0 saturated heterocycles. The van der Waals surface area contributed by atoms with E-state index in [0.29, 0.717) is 0 Å². The third kappa shape index (κ3) is 3.38. The number of rotatable bonds is 4. The van der Waals surface area contributed by atoms with Crippen molar-refractivity contribution in [3.8, 4) is 0 Å². The summed E-state index contributed by atoms with van der Waals surface area (Å²) >= 11 is 0. The predicted octanol–water partition coefficient (Wildman–Crippen LogP) is 4.87. The molecule has 0 fully saturated rings. The number of hydrogen-bond donors (Lipinski definition) is 0. The van der Waals surface area contributed by atoms with Gasteiger partial charge in [-0.2, -0.15) is 0 Å². The van der Waals surface area contributed by atoms with E-state index >= 15 is 0 Å². The summed E-state index contributed by atoms with van der Waals surface area (Å²) in [5.74, 6) is 0. The molecule has 0 bridgehead atoms. The van der Waals surface area contributed by atoms with Crippen molar-refractivity contribution in [2.24, 2.45) is 0 Å². The van der Waals surface area contributed by atoms with Crippen molar-refractivity contribution in [1.29, 1.82) is 0 Å². The molecule has 0 aliphatic carbocycles. The van der Waals surface area contributed by atoms with Gasteiger partial charge < -0.3 is 0 Å². The van der Waals surface area contributed by atoms with Gasteiger partial charge in [-0.05, 0) is 51.2 Å².